The smallest absolute Gasteiger partial charge is 0.256 e. The molecular formula is C18H23N3O3. The molecule has 128 valence electrons. The number of hydrogen-bond donors (Lipinski definition) is 1. The highest BCUT2D eigenvalue weighted by Crippen LogP contribution is 2.25. The van der Waals surface area contributed by atoms with E-state index in [2.05, 4.69) is 4.57 Å². The van der Waals surface area contributed by atoms with Gasteiger partial charge in [-0.25, -0.2) is 0 Å². The van der Waals surface area contributed by atoms with E-state index in [-0.39, 0.29) is 17.7 Å². The molecule has 1 aliphatic heterocycles. The van der Waals surface area contributed by atoms with Gasteiger partial charge in [0.2, 0.25) is 5.91 Å². The van der Waals surface area contributed by atoms with Crippen molar-refractivity contribution in [1.29, 1.82) is 0 Å². The third-order valence-electron chi connectivity index (χ3n) is 4.74. The van der Waals surface area contributed by atoms with E-state index in [1.807, 2.05) is 35.4 Å². The van der Waals surface area contributed by atoms with Gasteiger partial charge in [0.25, 0.3) is 5.91 Å². The predicted molar refractivity (Wildman–Crippen MR) is 91.6 cm³/mol. The number of hydrogen-bond acceptors (Lipinski definition) is 3. The number of piperidine rings is 1. The molecule has 0 unspecified atom stereocenters. The second kappa shape index (κ2) is 7.05. The lowest BCUT2D eigenvalue weighted by molar-refractivity contribution is -0.123. The molecule has 1 saturated heterocycles. The first-order chi connectivity index (χ1) is 11.6. The molecule has 2 N–H and O–H groups in total. The summed E-state index contributed by atoms with van der Waals surface area (Å²) in [5.41, 5.74) is 7.11. The maximum absolute atomic E-state index is 12.9. The van der Waals surface area contributed by atoms with Crippen LogP contribution in [0, 0.1) is 5.92 Å². The van der Waals surface area contributed by atoms with E-state index in [0.717, 1.165) is 10.9 Å². The fourth-order valence-electron chi connectivity index (χ4n) is 3.33. The summed E-state index contributed by atoms with van der Waals surface area (Å²) in [5.74, 6) is -0.361. The van der Waals surface area contributed by atoms with Crippen molar-refractivity contribution in [1.82, 2.24) is 9.47 Å². The Balaban J connectivity index is 1.84. The van der Waals surface area contributed by atoms with E-state index in [4.69, 9.17) is 10.5 Å². The van der Waals surface area contributed by atoms with Crippen LogP contribution in [-0.2, 0) is 16.1 Å². The number of fused-ring (bicyclic) bond motifs is 1. The molecule has 24 heavy (non-hydrogen) atoms. The van der Waals surface area contributed by atoms with E-state index in [0.29, 0.717) is 44.6 Å². The van der Waals surface area contributed by atoms with Gasteiger partial charge in [-0.2, -0.15) is 0 Å². The zero-order valence-electron chi connectivity index (χ0n) is 13.9. The quantitative estimate of drug-likeness (QED) is 0.905. The first-order valence-corrected chi connectivity index (χ1v) is 8.27. The second-order valence-electron chi connectivity index (χ2n) is 6.21. The number of rotatable bonds is 5. The van der Waals surface area contributed by atoms with Crippen LogP contribution in [0.3, 0.4) is 0 Å². The summed E-state index contributed by atoms with van der Waals surface area (Å²) in [6.45, 7) is 2.44. The summed E-state index contributed by atoms with van der Waals surface area (Å²) in [6, 6.07) is 7.90. The lowest BCUT2D eigenvalue weighted by Crippen LogP contribution is -2.41. The van der Waals surface area contributed by atoms with Gasteiger partial charge in [0.1, 0.15) is 0 Å². The van der Waals surface area contributed by atoms with E-state index in [1.54, 1.807) is 7.11 Å². The molecule has 6 heteroatoms. The normalized spacial score (nSPS) is 15.8. The van der Waals surface area contributed by atoms with Gasteiger partial charge in [-0.05, 0) is 18.9 Å². The van der Waals surface area contributed by atoms with Gasteiger partial charge in [0.05, 0.1) is 12.2 Å². The molecule has 2 amide bonds. The van der Waals surface area contributed by atoms with Crippen LogP contribution in [-0.4, -0.2) is 48.1 Å². The first-order valence-electron chi connectivity index (χ1n) is 8.27. The SMILES string of the molecule is COCCn1cc(C(=O)N2CCC(C(N)=O)CC2)c2ccccc21. The molecule has 2 aromatic rings. The maximum Gasteiger partial charge on any atom is 0.256 e. The van der Waals surface area contributed by atoms with Crippen LogP contribution in [0.25, 0.3) is 10.9 Å². The number of para-hydroxylation sites is 1. The van der Waals surface area contributed by atoms with Crippen molar-refractivity contribution in [2.24, 2.45) is 11.7 Å². The van der Waals surface area contributed by atoms with Crippen molar-refractivity contribution in [2.45, 2.75) is 19.4 Å². The van der Waals surface area contributed by atoms with Crippen molar-refractivity contribution in [2.75, 3.05) is 26.8 Å². The number of carbonyl (C=O) groups excluding carboxylic acids is 2. The number of nitrogens with two attached hydrogens (primary N) is 1. The predicted octanol–water partition coefficient (Wildman–Crippen LogP) is 1.63. The number of ether oxygens (including phenoxy) is 1. The maximum atomic E-state index is 12.9. The van der Waals surface area contributed by atoms with Crippen LogP contribution in [0.4, 0.5) is 0 Å². The first kappa shape index (κ1) is 16.5. The Bertz CT molecular complexity index is 745. The van der Waals surface area contributed by atoms with Crippen LogP contribution in [0.5, 0.6) is 0 Å². The number of likely N-dealkylation sites (tertiary alicyclic amines) is 1. The average Bonchev–Trinajstić information content (AvgIpc) is 2.98. The third kappa shape index (κ3) is 3.14. The molecule has 1 aromatic carbocycles. The highest BCUT2D eigenvalue weighted by Gasteiger charge is 2.28. The topological polar surface area (TPSA) is 77.6 Å². The van der Waals surface area contributed by atoms with Crippen LogP contribution < -0.4 is 5.73 Å². The number of amides is 2. The zero-order valence-corrected chi connectivity index (χ0v) is 13.9. The summed E-state index contributed by atoms with van der Waals surface area (Å²) < 4.78 is 7.21. The van der Waals surface area contributed by atoms with Crippen LogP contribution in [0.1, 0.15) is 23.2 Å². The zero-order chi connectivity index (χ0) is 17.1. The van der Waals surface area contributed by atoms with Gasteiger partial charge in [-0.3, -0.25) is 9.59 Å². The monoisotopic (exact) mass is 329 g/mol. The molecule has 1 aliphatic rings. The van der Waals surface area contributed by atoms with E-state index in [1.165, 1.54) is 0 Å². The van der Waals surface area contributed by atoms with E-state index < -0.39 is 0 Å². The minimum atomic E-state index is -0.265. The Hall–Kier alpha value is -2.34. The number of methoxy groups -OCH3 is 1. The van der Waals surface area contributed by atoms with Gasteiger partial charge in [-0.15, -0.1) is 0 Å². The largest absolute Gasteiger partial charge is 0.383 e. The fourth-order valence-corrected chi connectivity index (χ4v) is 3.33. The number of carbonyl (C=O) groups is 2. The summed E-state index contributed by atoms with van der Waals surface area (Å²) in [6.07, 6.45) is 3.19. The van der Waals surface area contributed by atoms with Gasteiger partial charge >= 0.3 is 0 Å². The minimum absolute atomic E-state index is 0.0188. The molecular weight excluding hydrogens is 306 g/mol. The lowest BCUT2D eigenvalue weighted by atomic mass is 9.96. The van der Waals surface area contributed by atoms with Crippen molar-refractivity contribution >= 4 is 22.7 Å². The fraction of sp³-hybridized carbons (Fsp3) is 0.444. The molecule has 0 saturated carbocycles. The second-order valence-corrected chi connectivity index (χ2v) is 6.21. The number of primary amides is 1. The van der Waals surface area contributed by atoms with Gasteiger partial charge in [0, 0.05) is 49.8 Å². The highest BCUT2D eigenvalue weighted by atomic mass is 16.5. The summed E-state index contributed by atoms with van der Waals surface area (Å²) in [4.78, 5) is 26.0. The summed E-state index contributed by atoms with van der Waals surface area (Å²) >= 11 is 0. The third-order valence-corrected chi connectivity index (χ3v) is 4.74. The van der Waals surface area contributed by atoms with E-state index >= 15 is 0 Å². The van der Waals surface area contributed by atoms with Crippen LogP contribution >= 0.6 is 0 Å². The molecule has 6 nitrogen and oxygen atoms in total. The lowest BCUT2D eigenvalue weighted by Gasteiger charge is -2.30. The Labute approximate surface area is 141 Å². The number of benzene rings is 1. The molecule has 0 spiro atoms. The van der Waals surface area contributed by atoms with Crippen molar-refractivity contribution in [3.63, 3.8) is 0 Å². The van der Waals surface area contributed by atoms with Crippen molar-refractivity contribution < 1.29 is 14.3 Å². The Kier molecular flexibility index (Phi) is 4.85. The Morgan fingerprint density at radius 3 is 2.62 bits per heavy atom. The van der Waals surface area contributed by atoms with Crippen molar-refractivity contribution in [3.05, 3.63) is 36.0 Å². The van der Waals surface area contributed by atoms with Crippen molar-refractivity contribution in [3.8, 4) is 0 Å². The molecule has 0 radical (unpaired) electrons. The molecule has 0 aliphatic carbocycles. The standard InChI is InChI=1S/C18H23N3O3/c1-24-11-10-21-12-15(14-4-2-3-5-16(14)21)18(23)20-8-6-13(7-9-20)17(19)22/h2-5,12-13H,6-11H2,1H3,(H2,19,22). The number of nitrogens with zero attached hydrogens (tertiary/aromatic N) is 2. The molecule has 0 atom stereocenters. The average molecular weight is 329 g/mol. The Morgan fingerprint density at radius 2 is 1.96 bits per heavy atom. The molecule has 2 heterocycles. The molecule has 1 aromatic heterocycles. The summed E-state index contributed by atoms with van der Waals surface area (Å²) in [5, 5.41) is 0.954. The Morgan fingerprint density at radius 1 is 1.25 bits per heavy atom. The number of aromatic nitrogens is 1. The minimum Gasteiger partial charge on any atom is -0.383 e. The molecule has 1 fully saturated rings. The van der Waals surface area contributed by atoms with Gasteiger partial charge < -0.3 is 19.9 Å². The molecule has 3 rings (SSSR count). The van der Waals surface area contributed by atoms with Crippen LogP contribution in [0.2, 0.25) is 0 Å². The van der Waals surface area contributed by atoms with Gasteiger partial charge in [-0.1, -0.05) is 18.2 Å². The molecule has 0 bridgehead atoms. The van der Waals surface area contributed by atoms with Crippen LogP contribution in [0.15, 0.2) is 30.5 Å². The van der Waals surface area contributed by atoms with E-state index in [9.17, 15) is 9.59 Å². The highest BCUT2D eigenvalue weighted by molar-refractivity contribution is 6.07. The summed E-state index contributed by atoms with van der Waals surface area (Å²) in [7, 11) is 1.67. The van der Waals surface area contributed by atoms with Gasteiger partial charge in [0.15, 0.2) is 0 Å².